The minimum Gasteiger partial charge on any atom is -0.398 e. The molecule has 0 bridgehead atoms. The Balaban J connectivity index is 1.93. The summed E-state index contributed by atoms with van der Waals surface area (Å²) in [5.74, 6) is 0.938. The van der Waals surface area contributed by atoms with Gasteiger partial charge in [-0.15, -0.1) is 0 Å². The standard InChI is InChI=1S/C15H24N2/c1-2-13-6-5-10-17(11-9-13)12-14-7-3-4-8-15(14)16/h3-4,7-8,13H,2,5-6,9-12,16H2,1H3. The molecule has 2 heteroatoms. The summed E-state index contributed by atoms with van der Waals surface area (Å²) in [4.78, 5) is 2.56. The molecular weight excluding hydrogens is 208 g/mol. The zero-order valence-electron chi connectivity index (χ0n) is 10.9. The summed E-state index contributed by atoms with van der Waals surface area (Å²) in [6.07, 6.45) is 5.42. The highest BCUT2D eigenvalue weighted by atomic mass is 15.1. The number of hydrogen-bond acceptors (Lipinski definition) is 2. The highest BCUT2D eigenvalue weighted by Gasteiger charge is 2.16. The van der Waals surface area contributed by atoms with Gasteiger partial charge in [-0.1, -0.05) is 31.5 Å². The summed E-state index contributed by atoms with van der Waals surface area (Å²) in [6, 6.07) is 8.24. The van der Waals surface area contributed by atoms with Crippen molar-refractivity contribution in [3.05, 3.63) is 29.8 Å². The van der Waals surface area contributed by atoms with E-state index in [-0.39, 0.29) is 0 Å². The molecular formula is C15H24N2. The van der Waals surface area contributed by atoms with Crippen LogP contribution < -0.4 is 5.73 Å². The van der Waals surface area contributed by atoms with Crippen LogP contribution in [0.15, 0.2) is 24.3 Å². The van der Waals surface area contributed by atoms with Crippen LogP contribution in [0.4, 0.5) is 5.69 Å². The fraction of sp³-hybridized carbons (Fsp3) is 0.600. The van der Waals surface area contributed by atoms with Crippen LogP contribution in [0.1, 0.15) is 38.2 Å². The molecule has 1 unspecified atom stereocenters. The Morgan fingerprint density at radius 3 is 2.82 bits per heavy atom. The van der Waals surface area contributed by atoms with E-state index in [1.807, 2.05) is 12.1 Å². The molecule has 0 saturated carbocycles. The summed E-state index contributed by atoms with van der Waals surface area (Å²) >= 11 is 0. The van der Waals surface area contributed by atoms with Gasteiger partial charge < -0.3 is 5.73 Å². The lowest BCUT2D eigenvalue weighted by Crippen LogP contribution is -2.24. The Kier molecular flexibility index (Phi) is 4.43. The lowest BCUT2D eigenvalue weighted by Gasteiger charge is -2.21. The van der Waals surface area contributed by atoms with E-state index in [0.717, 1.165) is 18.2 Å². The first kappa shape index (κ1) is 12.4. The average molecular weight is 232 g/mol. The van der Waals surface area contributed by atoms with Crippen molar-refractivity contribution in [1.82, 2.24) is 4.90 Å². The third-order valence-corrected chi connectivity index (χ3v) is 3.97. The van der Waals surface area contributed by atoms with Gasteiger partial charge in [-0.05, 0) is 49.9 Å². The number of nitrogen functional groups attached to an aromatic ring is 1. The largest absolute Gasteiger partial charge is 0.398 e. The van der Waals surface area contributed by atoms with Crippen LogP contribution >= 0.6 is 0 Å². The topological polar surface area (TPSA) is 29.3 Å². The highest BCUT2D eigenvalue weighted by molar-refractivity contribution is 5.46. The van der Waals surface area contributed by atoms with Gasteiger partial charge in [-0.3, -0.25) is 4.90 Å². The first-order valence-corrected chi connectivity index (χ1v) is 6.85. The summed E-state index contributed by atoms with van der Waals surface area (Å²) in [6.45, 7) is 5.79. The third kappa shape index (κ3) is 3.47. The molecule has 0 spiro atoms. The van der Waals surface area contributed by atoms with Crippen molar-refractivity contribution in [2.45, 2.75) is 39.2 Å². The highest BCUT2D eigenvalue weighted by Crippen LogP contribution is 2.22. The van der Waals surface area contributed by atoms with E-state index in [1.54, 1.807) is 0 Å². The maximum Gasteiger partial charge on any atom is 0.0359 e. The van der Waals surface area contributed by atoms with Crippen LogP contribution in [0.25, 0.3) is 0 Å². The molecule has 1 aromatic rings. The zero-order chi connectivity index (χ0) is 12.1. The van der Waals surface area contributed by atoms with Gasteiger partial charge in [0, 0.05) is 12.2 Å². The molecule has 1 aliphatic rings. The number of nitrogens with zero attached hydrogens (tertiary/aromatic N) is 1. The fourth-order valence-corrected chi connectivity index (χ4v) is 2.71. The van der Waals surface area contributed by atoms with Crippen LogP contribution in [-0.2, 0) is 6.54 Å². The molecule has 1 heterocycles. The minimum atomic E-state index is 0.934. The van der Waals surface area contributed by atoms with Crippen molar-refractivity contribution >= 4 is 5.69 Å². The summed E-state index contributed by atoms with van der Waals surface area (Å²) in [5.41, 5.74) is 8.22. The maximum atomic E-state index is 6.00. The van der Waals surface area contributed by atoms with Crippen LogP contribution in [0.3, 0.4) is 0 Å². The molecule has 1 saturated heterocycles. The Morgan fingerprint density at radius 2 is 2.06 bits per heavy atom. The van der Waals surface area contributed by atoms with Crippen LogP contribution in [-0.4, -0.2) is 18.0 Å². The monoisotopic (exact) mass is 232 g/mol. The molecule has 0 amide bonds. The molecule has 0 aliphatic carbocycles. The van der Waals surface area contributed by atoms with Gasteiger partial charge in [0.05, 0.1) is 0 Å². The first-order chi connectivity index (χ1) is 8.29. The number of hydrogen-bond donors (Lipinski definition) is 1. The van der Waals surface area contributed by atoms with Crippen LogP contribution in [0, 0.1) is 5.92 Å². The Hall–Kier alpha value is -1.02. The number of likely N-dealkylation sites (tertiary alicyclic amines) is 1. The Morgan fingerprint density at radius 1 is 1.24 bits per heavy atom. The molecule has 1 aromatic carbocycles. The average Bonchev–Trinajstić information content (AvgIpc) is 2.57. The van der Waals surface area contributed by atoms with Gasteiger partial charge in [-0.25, -0.2) is 0 Å². The molecule has 2 nitrogen and oxygen atoms in total. The molecule has 2 N–H and O–H groups in total. The minimum absolute atomic E-state index is 0.934. The van der Waals surface area contributed by atoms with E-state index in [4.69, 9.17) is 5.73 Å². The van der Waals surface area contributed by atoms with Crippen molar-refractivity contribution in [1.29, 1.82) is 0 Å². The number of para-hydroxylation sites is 1. The normalized spacial score (nSPS) is 22.3. The number of benzene rings is 1. The number of anilines is 1. The van der Waals surface area contributed by atoms with Crippen molar-refractivity contribution < 1.29 is 0 Å². The Labute approximate surface area is 105 Å². The maximum absolute atomic E-state index is 6.00. The van der Waals surface area contributed by atoms with E-state index < -0.39 is 0 Å². The first-order valence-electron chi connectivity index (χ1n) is 6.85. The second-order valence-corrected chi connectivity index (χ2v) is 5.18. The van der Waals surface area contributed by atoms with Crippen LogP contribution in [0.5, 0.6) is 0 Å². The summed E-state index contributed by atoms with van der Waals surface area (Å²) in [7, 11) is 0. The lowest BCUT2D eigenvalue weighted by molar-refractivity contribution is 0.272. The predicted octanol–water partition coefficient (Wildman–Crippen LogP) is 3.28. The molecule has 1 atom stereocenters. The molecule has 2 rings (SSSR count). The predicted molar refractivity (Wildman–Crippen MR) is 73.8 cm³/mol. The summed E-state index contributed by atoms with van der Waals surface area (Å²) in [5, 5.41) is 0. The van der Waals surface area contributed by atoms with Crippen molar-refractivity contribution in [3.63, 3.8) is 0 Å². The van der Waals surface area contributed by atoms with Crippen molar-refractivity contribution in [3.8, 4) is 0 Å². The van der Waals surface area contributed by atoms with E-state index in [9.17, 15) is 0 Å². The van der Waals surface area contributed by atoms with Gasteiger partial charge >= 0.3 is 0 Å². The van der Waals surface area contributed by atoms with E-state index in [1.165, 1.54) is 44.3 Å². The van der Waals surface area contributed by atoms with E-state index >= 15 is 0 Å². The lowest BCUT2D eigenvalue weighted by atomic mass is 9.98. The SMILES string of the molecule is CCC1CCCN(Cc2ccccc2N)CC1. The zero-order valence-corrected chi connectivity index (χ0v) is 10.9. The van der Waals surface area contributed by atoms with Gasteiger partial charge in [0.15, 0.2) is 0 Å². The second-order valence-electron chi connectivity index (χ2n) is 5.18. The van der Waals surface area contributed by atoms with Gasteiger partial charge in [0.25, 0.3) is 0 Å². The van der Waals surface area contributed by atoms with E-state index in [0.29, 0.717) is 0 Å². The molecule has 17 heavy (non-hydrogen) atoms. The molecule has 94 valence electrons. The van der Waals surface area contributed by atoms with Gasteiger partial charge in [0.2, 0.25) is 0 Å². The van der Waals surface area contributed by atoms with E-state index in [2.05, 4.69) is 24.0 Å². The number of rotatable bonds is 3. The number of nitrogens with two attached hydrogens (primary N) is 1. The summed E-state index contributed by atoms with van der Waals surface area (Å²) < 4.78 is 0. The smallest absolute Gasteiger partial charge is 0.0359 e. The van der Waals surface area contributed by atoms with Crippen molar-refractivity contribution in [2.75, 3.05) is 18.8 Å². The quantitative estimate of drug-likeness (QED) is 0.810. The molecule has 0 radical (unpaired) electrons. The molecule has 1 aliphatic heterocycles. The van der Waals surface area contributed by atoms with Gasteiger partial charge in [0.1, 0.15) is 0 Å². The molecule has 0 aromatic heterocycles. The van der Waals surface area contributed by atoms with Gasteiger partial charge in [-0.2, -0.15) is 0 Å². The third-order valence-electron chi connectivity index (χ3n) is 3.97. The second kappa shape index (κ2) is 6.06. The fourth-order valence-electron chi connectivity index (χ4n) is 2.71. The Bertz CT molecular complexity index is 349. The molecule has 1 fully saturated rings. The van der Waals surface area contributed by atoms with Crippen molar-refractivity contribution in [2.24, 2.45) is 5.92 Å². The van der Waals surface area contributed by atoms with Crippen LogP contribution in [0.2, 0.25) is 0 Å².